The third kappa shape index (κ3) is 4.09. The number of aromatic nitrogens is 2. The Labute approximate surface area is 180 Å². The number of nitrogens with one attached hydrogen (secondary N) is 3. The number of rotatable bonds is 5. The molecule has 31 heavy (non-hydrogen) atoms. The Morgan fingerprint density at radius 2 is 1.90 bits per heavy atom. The lowest BCUT2D eigenvalue weighted by atomic mass is 9.81. The van der Waals surface area contributed by atoms with E-state index >= 15 is 0 Å². The smallest absolute Gasteiger partial charge is 0.420 e. The molecule has 0 bridgehead atoms. The van der Waals surface area contributed by atoms with Gasteiger partial charge in [-0.1, -0.05) is 0 Å². The SMILES string of the molecule is CC1(C)C(=O)Nc2cc(C(=O)Nc3ccc(OC(F)(F)Cl)cc3)cc(-c3ccn[nH]3)c21. The number of carbonyl (C=O) groups is 2. The van der Waals surface area contributed by atoms with E-state index in [-0.39, 0.29) is 11.7 Å². The van der Waals surface area contributed by atoms with Crippen molar-refractivity contribution in [3.63, 3.8) is 0 Å². The van der Waals surface area contributed by atoms with Gasteiger partial charge < -0.3 is 15.4 Å². The number of nitrogens with zero attached hydrogens (tertiary/aromatic N) is 1. The summed E-state index contributed by atoms with van der Waals surface area (Å²) in [7, 11) is 0. The number of fused-ring (bicyclic) bond motifs is 1. The summed E-state index contributed by atoms with van der Waals surface area (Å²) in [6.07, 6.45) is 1.58. The maximum Gasteiger partial charge on any atom is 0.487 e. The van der Waals surface area contributed by atoms with Crippen molar-refractivity contribution in [2.45, 2.75) is 24.8 Å². The molecule has 1 aliphatic rings. The lowest BCUT2D eigenvalue weighted by Gasteiger charge is -2.19. The van der Waals surface area contributed by atoms with Crippen LogP contribution in [-0.4, -0.2) is 27.6 Å². The predicted octanol–water partition coefficient (Wildman–Crippen LogP) is 4.73. The van der Waals surface area contributed by atoms with Crippen LogP contribution in [0.15, 0.2) is 48.7 Å². The second kappa shape index (κ2) is 7.35. The van der Waals surface area contributed by atoms with E-state index in [9.17, 15) is 18.4 Å². The van der Waals surface area contributed by atoms with Gasteiger partial charge in [0.25, 0.3) is 5.91 Å². The standard InChI is InChI=1S/C21H17ClF2N4O3/c1-20(2)17-14(15-7-8-25-28-15)9-11(10-16(17)27-19(20)30)18(29)26-12-3-5-13(6-4-12)31-21(22,23)24/h3-10H,1-2H3,(H,25,28)(H,26,29)(H,27,30). The average Bonchev–Trinajstić information content (AvgIpc) is 3.29. The lowest BCUT2D eigenvalue weighted by molar-refractivity contribution is -0.119. The Morgan fingerprint density at radius 3 is 2.52 bits per heavy atom. The number of alkyl halides is 3. The van der Waals surface area contributed by atoms with Crippen LogP contribution in [0.1, 0.15) is 29.8 Å². The van der Waals surface area contributed by atoms with Crippen molar-refractivity contribution in [3.8, 4) is 17.0 Å². The molecule has 4 rings (SSSR count). The number of aromatic amines is 1. The normalized spacial score (nSPS) is 14.7. The van der Waals surface area contributed by atoms with Crippen LogP contribution in [0.4, 0.5) is 20.2 Å². The number of halogens is 3. The quantitative estimate of drug-likeness (QED) is 0.494. The van der Waals surface area contributed by atoms with Crippen LogP contribution in [0, 0.1) is 0 Å². The minimum atomic E-state index is -3.82. The molecule has 0 atom stereocenters. The van der Waals surface area contributed by atoms with Gasteiger partial charge in [0.15, 0.2) is 0 Å². The van der Waals surface area contributed by atoms with E-state index < -0.39 is 16.9 Å². The van der Waals surface area contributed by atoms with Gasteiger partial charge in [0.1, 0.15) is 5.75 Å². The van der Waals surface area contributed by atoms with E-state index in [2.05, 4.69) is 25.6 Å². The largest absolute Gasteiger partial charge is 0.487 e. The second-order valence-electron chi connectivity index (χ2n) is 7.52. The molecular weight excluding hydrogens is 430 g/mol. The zero-order valence-electron chi connectivity index (χ0n) is 16.4. The number of hydrogen-bond acceptors (Lipinski definition) is 4. The summed E-state index contributed by atoms with van der Waals surface area (Å²) in [6, 6.07) is 10.4. The Morgan fingerprint density at radius 1 is 1.19 bits per heavy atom. The Balaban J connectivity index is 1.65. The molecule has 0 fully saturated rings. The van der Waals surface area contributed by atoms with Crippen LogP contribution in [0.3, 0.4) is 0 Å². The highest BCUT2D eigenvalue weighted by molar-refractivity contribution is 6.20. The number of H-pyrrole nitrogens is 1. The van der Waals surface area contributed by atoms with Crippen LogP contribution in [0.2, 0.25) is 0 Å². The van der Waals surface area contributed by atoms with Gasteiger partial charge >= 0.3 is 5.57 Å². The van der Waals surface area contributed by atoms with Crippen LogP contribution in [0.5, 0.6) is 5.75 Å². The predicted molar refractivity (Wildman–Crippen MR) is 112 cm³/mol. The topological polar surface area (TPSA) is 96.1 Å². The molecule has 2 aromatic carbocycles. The summed E-state index contributed by atoms with van der Waals surface area (Å²) in [5.74, 6) is -0.770. The lowest BCUT2D eigenvalue weighted by Crippen LogP contribution is -2.27. The summed E-state index contributed by atoms with van der Waals surface area (Å²) in [6.45, 7) is 3.61. The molecule has 0 saturated carbocycles. The fourth-order valence-electron chi connectivity index (χ4n) is 3.50. The van der Waals surface area contributed by atoms with Gasteiger partial charge in [0.2, 0.25) is 5.91 Å². The van der Waals surface area contributed by atoms with Crippen molar-refractivity contribution in [2.75, 3.05) is 10.6 Å². The van der Waals surface area contributed by atoms with Gasteiger partial charge in [-0.2, -0.15) is 5.10 Å². The van der Waals surface area contributed by atoms with Crippen molar-refractivity contribution in [3.05, 3.63) is 59.8 Å². The first-order valence-electron chi connectivity index (χ1n) is 9.21. The zero-order chi connectivity index (χ0) is 22.4. The van der Waals surface area contributed by atoms with Crippen molar-refractivity contribution >= 4 is 34.8 Å². The second-order valence-corrected chi connectivity index (χ2v) is 7.96. The third-order valence-electron chi connectivity index (χ3n) is 4.98. The summed E-state index contributed by atoms with van der Waals surface area (Å²) >= 11 is 4.74. The minimum Gasteiger partial charge on any atom is -0.420 e. The van der Waals surface area contributed by atoms with E-state index in [0.29, 0.717) is 28.2 Å². The molecule has 3 N–H and O–H groups in total. The van der Waals surface area contributed by atoms with Gasteiger partial charge in [0.05, 0.1) is 11.1 Å². The fraction of sp³-hybridized carbons (Fsp3) is 0.190. The van der Waals surface area contributed by atoms with E-state index in [0.717, 1.165) is 5.56 Å². The number of benzene rings is 2. The van der Waals surface area contributed by atoms with Crippen molar-refractivity contribution in [1.82, 2.24) is 10.2 Å². The molecule has 0 unspecified atom stereocenters. The molecule has 3 aromatic rings. The molecule has 10 heteroatoms. The minimum absolute atomic E-state index is 0.151. The molecule has 160 valence electrons. The highest BCUT2D eigenvalue weighted by Gasteiger charge is 2.41. The van der Waals surface area contributed by atoms with E-state index in [1.165, 1.54) is 24.3 Å². The third-order valence-corrected chi connectivity index (χ3v) is 5.06. The van der Waals surface area contributed by atoms with Gasteiger partial charge in [-0.05, 0) is 56.3 Å². The summed E-state index contributed by atoms with van der Waals surface area (Å²) in [5.41, 5.74) is -1.29. The van der Waals surface area contributed by atoms with Crippen LogP contribution < -0.4 is 15.4 Å². The monoisotopic (exact) mass is 446 g/mol. The average molecular weight is 447 g/mol. The highest BCUT2D eigenvalue weighted by Crippen LogP contribution is 2.44. The summed E-state index contributed by atoms with van der Waals surface area (Å²) < 4.78 is 29.7. The molecule has 0 saturated heterocycles. The molecule has 0 aliphatic carbocycles. The maximum atomic E-state index is 12.9. The first-order valence-corrected chi connectivity index (χ1v) is 9.59. The van der Waals surface area contributed by atoms with Gasteiger partial charge in [-0.15, -0.1) is 8.78 Å². The van der Waals surface area contributed by atoms with Gasteiger partial charge in [-0.3, -0.25) is 14.7 Å². The molecule has 0 spiro atoms. The Bertz CT molecular complexity index is 1160. The molecule has 2 heterocycles. The molecule has 0 radical (unpaired) electrons. The van der Waals surface area contributed by atoms with Gasteiger partial charge in [-0.25, -0.2) is 0 Å². The first-order chi connectivity index (χ1) is 14.5. The number of amides is 2. The van der Waals surface area contributed by atoms with Crippen LogP contribution in [-0.2, 0) is 10.2 Å². The fourth-order valence-corrected chi connectivity index (χ4v) is 3.59. The number of hydrogen-bond donors (Lipinski definition) is 3. The number of anilines is 2. The van der Waals surface area contributed by atoms with Gasteiger partial charge in [0, 0.05) is 45.9 Å². The van der Waals surface area contributed by atoms with Crippen molar-refractivity contribution in [1.29, 1.82) is 0 Å². The first kappa shape index (κ1) is 20.8. The highest BCUT2D eigenvalue weighted by atomic mass is 35.5. The molecule has 7 nitrogen and oxygen atoms in total. The van der Waals surface area contributed by atoms with Crippen molar-refractivity contribution < 1.29 is 23.1 Å². The van der Waals surface area contributed by atoms with E-state index in [1.54, 1.807) is 24.4 Å². The molecule has 1 aliphatic heterocycles. The Hall–Kier alpha value is -3.46. The number of carbonyl (C=O) groups excluding carboxylic acids is 2. The van der Waals surface area contributed by atoms with E-state index in [4.69, 9.17) is 11.6 Å². The maximum absolute atomic E-state index is 12.9. The van der Waals surface area contributed by atoms with Crippen LogP contribution in [0.25, 0.3) is 11.3 Å². The summed E-state index contributed by atoms with van der Waals surface area (Å²) in [5, 5.41) is 12.3. The van der Waals surface area contributed by atoms with Crippen molar-refractivity contribution in [2.24, 2.45) is 0 Å². The summed E-state index contributed by atoms with van der Waals surface area (Å²) in [4.78, 5) is 25.3. The Kier molecular flexibility index (Phi) is 4.93. The molecule has 2 amide bonds. The number of ether oxygens (including phenoxy) is 1. The molecule has 1 aromatic heterocycles. The van der Waals surface area contributed by atoms with Crippen LogP contribution >= 0.6 is 11.6 Å². The zero-order valence-corrected chi connectivity index (χ0v) is 17.2. The molecular formula is C21H17ClF2N4O3. The van der Waals surface area contributed by atoms with E-state index in [1.807, 2.05) is 13.8 Å².